The Labute approximate surface area is 60.6 Å². The van der Waals surface area contributed by atoms with Crippen LogP contribution in [0.25, 0.3) is 0 Å². The standard InChI is InChI=1S/C8H13FO/c1-10-8-6-3-2-5(4-6)7(8)9/h5-8H,2-4H2,1H3/t5-,6-,7-,8+/m0/s1. The molecule has 10 heavy (non-hydrogen) atoms. The third-order valence-electron chi connectivity index (χ3n) is 3.01. The summed E-state index contributed by atoms with van der Waals surface area (Å²) in [5, 5.41) is 0. The van der Waals surface area contributed by atoms with Crippen LogP contribution in [0.2, 0.25) is 0 Å². The van der Waals surface area contributed by atoms with Gasteiger partial charge in [0.2, 0.25) is 0 Å². The zero-order chi connectivity index (χ0) is 7.14. The Bertz CT molecular complexity index is 135. The molecule has 2 bridgehead atoms. The molecule has 2 aliphatic rings. The van der Waals surface area contributed by atoms with Crippen molar-refractivity contribution in [2.75, 3.05) is 7.11 Å². The van der Waals surface area contributed by atoms with Crippen molar-refractivity contribution in [2.45, 2.75) is 31.5 Å². The maximum absolute atomic E-state index is 13.2. The van der Waals surface area contributed by atoms with Gasteiger partial charge in [0.1, 0.15) is 6.17 Å². The molecular weight excluding hydrogens is 131 g/mol. The SMILES string of the molecule is CO[C@@H]1[C@H]2CC[C@@H](C2)[C@@H]1F. The van der Waals surface area contributed by atoms with Crippen LogP contribution < -0.4 is 0 Å². The number of hydrogen-bond acceptors (Lipinski definition) is 1. The van der Waals surface area contributed by atoms with Crippen molar-refractivity contribution in [3.63, 3.8) is 0 Å². The Hall–Kier alpha value is -0.110. The molecule has 0 aromatic heterocycles. The maximum atomic E-state index is 13.2. The predicted molar refractivity (Wildman–Crippen MR) is 36.5 cm³/mol. The maximum Gasteiger partial charge on any atom is 0.129 e. The van der Waals surface area contributed by atoms with Crippen LogP contribution in [-0.2, 0) is 4.74 Å². The average molecular weight is 144 g/mol. The Kier molecular flexibility index (Phi) is 1.44. The van der Waals surface area contributed by atoms with Gasteiger partial charge in [0.25, 0.3) is 0 Å². The normalized spacial score (nSPS) is 52.2. The minimum absolute atomic E-state index is 0.0706. The number of halogens is 1. The molecule has 0 unspecified atom stereocenters. The van der Waals surface area contributed by atoms with Gasteiger partial charge in [-0.25, -0.2) is 4.39 Å². The van der Waals surface area contributed by atoms with Gasteiger partial charge >= 0.3 is 0 Å². The second-order valence-corrected chi connectivity index (χ2v) is 3.48. The summed E-state index contributed by atoms with van der Waals surface area (Å²) in [4.78, 5) is 0. The highest BCUT2D eigenvalue weighted by molar-refractivity contribution is 4.97. The van der Waals surface area contributed by atoms with Crippen LogP contribution in [0, 0.1) is 11.8 Å². The second-order valence-electron chi connectivity index (χ2n) is 3.48. The van der Waals surface area contributed by atoms with Crippen molar-refractivity contribution in [2.24, 2.45) is 11.8 Å². The first-order valence-electron chi connectivity index (χ1n) is 4.00. The summed E-state index contributed by atoms with van der Waals surface area (Å²) in [6.45, 7) is 0. The van der Waals surface area contributed by atoms with Gasteiger partial charge in [0.05, 0.1) is 6.10 Å². The first-order chi connectivity index (χ1) is 4.83. The molecule has 1 nitrogen and oxygen atoms in total. The van der Waals surface area contributed by atoms with Crippen LogP contribution in [0.1, 0.15) is 19.3 Å². The smallest absolute Gasteiger partial charge is 0.129 e. The predicted octanol–water partition coefficient (Wildman–Crippen LogP) is 1.77. The molecule has 2 aliphatic carbocycles. The van der Waals surface area contributed by atoms with Crippen molar-refractivity contribution in [3.05, 3.63) is 0 Å². The zero-order valence-corrected chi connectivity index (χ0v) is 6.22. The Morgan fingerprint density at radius 1 is 1.30 bits per heavy atom. The number of methoxy groups -OCH3 is 1. The van der Waals surface area contributed by atoms with E-state index in [1.54, 1.807) is 7.11 Å². The first-order valence-corrected chi connectivity index (χ1v) is 4.00. The summed E-state index contributed by atoms with van der Waals surface area (Å²) in [5.41, 5.74) is 0. The Balaban J connectivity index is 2.10. The van der Waals surface area contributed by atoms with E-state index >= 15 is 0 Å². The molecule has 0 aromatic carbocycles. The van der Waals surface area contributed by atoms with Gasteiger partial charge in [-0.15, -0.1) is 0 Å². The molecule has 2 fully saturated rings. The number of ether oxygens (including phenoxy) is 1. The highest BCUT2D eigenvalue weighted by atomic mass is 19.1. The molecule has 0 aliphatic heterocycles. The van der Waals surface area contributed by atoms with Crippen molar-refractivity contribution in [3.8, 4) is 0 Å². The summed E-state index contributed by atoms with van der Waals surface area (Å²) < 4.78 is 18.2. The molecule has 2 heteroatoms. The van der Waals surface area contributed by atoms with Gasteiger partial charge in [-0.05, 0) is 31.1 Å². The molecule has 58 valence electrons. The van der Waals surface area contributed by atoms with E-state index in [1.165, 1.54) is 6.42 Å². The van der Waals surface area contributed by atoms with Gasteiger partial charge in [-0.2, -0.15) is 0 Å². The Morgan fingerprint density at radius 3 is 2.40 bits per heavy atom. The fraction of sp³-hybridized carbons (Fsp3) is 1.00. The van der Waals surface area contributed by atoms with Crippen LogP contribution in [0.5, 0.6) is 0 Å². The summed E-state index contributed by atoms with van der Waals surface area (Å²) in [6.07, 6.45) is 2.61. The molecule has 0 saturated heterocycles. The molecular formula is C8H13FO. The average Bonchev–Trinajstić information content (AvgIpc) is 2.46. The van der Waals surface area contributed by atoms with Crippen LogP contribution >= 0.6 is 0 Å². The molecule has 2 rings (SSSR count). The molecule has 0 aromatic rings. The van der Waals surface area contributed by atoms with Crippen molar-refractivity contribution < 1.29 is 9.13 Å². The third-order valence-corrected chi connectivity index (χ3v) is 3.01. The van der Waals surface area contributed by atoms with Gasteiger partial charge in [-0.1, -0.05) is 0 Å². The quantitative estimate of drug-likeness (QED) is 0.545. The van der Waals surface area contributed by atoms with Gasteiger partial charge in [-0.3, -0.25) is 0 Å². The molecule has 0 spiro atoms. The molecule has 0 radical (unpaired) electrons. The summed E-state index contributed by atoms with van der Waals surface area (Å²) in [5.74, 6) is 0.861. The summed E-state index contributed by atoms with van der Waals surface area (Å²) >= 11 is 0. The fourth-order valence-electron chi connectivity index (χ4n) is 2.49. The number of hydrogen-bond donors (Lipinski definition) is 0. The lowest BCUT2D eigenvalue weighted by Crippen LogP contribution is -2.30. The van der Waals surface area contributed by atoms with Gasteiger partial charge in [0, 0.05) is 7.11 Å². The second kappa shape index (κ2) is 2.19. The van der Waals surface area contributed by atoms with Crippen molar-refractivity contribution >= 4 is 0 Å². The van der Waals surface area contributed by atoms with Gasteiger partial charge < -0.3 is 4.74 Å². The topological polar surface area (TPSA) is 9.23 Å². The largest absolute Gasteiger partial charge is 0.378 e. The monoisotopic (exact) mass is 144 g/mol. The van der Waals surface area contributed by atoms with Gasteiger partial charge in [0.15, 0.2) is 0 Å². The highest BCUT2D eigenvalue weighted by Crippen LogP contribution is 2.47. The van der Waals surface area contributed by atoms with Crippen LogP contribution in [0.15, 0.2) is 0 Å². The molecule has 0 N–H and O–H groups in total. The minimum atomic E-state index is -0.663. The van der Waals surface area contributed by atoms with E-state index in [4.69, 9.17) is 4.74 Å². The highest BCUT2D eigenvalue weighted by Gasteiger charge is 2.48. The van der Waals surface area contributed by atoms with E-state index < -0.39 is 6.17 Å². The van der Waals surface area contributed by atoms with E-state index in [0.717, 1.165) is 12.8 Å². The number of rotatable bonds is 1. The lowest BCUT2D eigenvalue weighted by Gasteiger charge is -2.23. The van der Waals surface area contributed by atoms with Crippen molar-refractivity contribution in [1.29, 1.82) is 0 Å². The first kappa shape index (κ1) is 6.59. The lowest BCUT2D eigenvalue weighted by molar-refractivity contribution is -0.00235. The molecule has 4 atom stereocenters. The van der Waals surface area contributed by atoms with E-state index in [9.17, 15) is 4.39 Å². The van der Waals surface area contributed by atoms with E-state index in [1.807, 2.05) is 0 Å². The van der Waals surface area contributed by atoms with Crippen LogP contribution in [-0.4, -0.2) is 19.4 Å². The number of alkyl halides is 1. The van der Waals surface area contributed by atoms with E-state index in [2.05, 4.69) is 0 Å². The Morgan fingerprint density at radius 2 is 2.00 bits per heavy atom. The minimum Gasteiger partial charge on any atom is -0.378 e. The van der Waals surface area contributed by atoms with Crippen molar-refractivity contribution in [1.82, 2.24) is 0 Å². The summed E-state index contributed by atoms with van der Waals surface area (Å²) in [6, 6.07) is 0. The van der Waals surface area contributed by atoms with E-state index in [-0.39, 0.29) is 6.10 Å². The third kappa shape index (κ3) is 0.715. The van der Waals surface area contributed by atoms with Crippen LogP contribution in [0.3, 0.4) is 0 Å². The lowest BCUT2D eigenvalue weighted by atomic mass is 9.96. The van der Waals surface area contributed by atoms with Crippen LogP contribution in [0.4, 0.5) is 4.39 Å². The molecule has 0 heterocycles. The molecule has 2 saturated carbocycles. The number of fused-ring (bicyclic) bond motifs is 2. The zero-order valence-electron chi connectivity index (χ0n) is 6.22. The fourth-order valence-corrected chi connectivity index (χ4v) is 2.49. The summed E-state index contributed by atoms with van der Waals surface area (Å²) in [7, 11) is 1.62. The molecule has 0 amide bonds. The van der Waals surface area contributed by atoms with E-state index in [0.29, 0.717) is 11.8 Å².